The Hall–Kier alpha value is -1.35. The van der Waals surface area contributed by atoms with Gasteiger partial charge in [-0.15, -0.1) is 0 Å². The Kier molecular flexibility index (Phi) is 2.50. The average Bonchev–Trinajstić information content (AvgIpc) is 2.96. The molecule has 1 aliphatic heterocycles. The molecule has 0 spiro atoms. The SMILES string of the molecule is O=C(O)[C@@H]1N[C@@H]1CCc1ccccc1. The van der Waals surface area contributed by atoms with Crippen LogP contribution < -0.4 is 5.32 Å². The van der Waals surface area contributed by atoms with Crippen molar-refractivity contribution in [2.24, 2.45) is 0 Å². The predicted molar refractivity (Wildman–Crippen MR) is 53.1 cm³/mol. The fraction of sp³-hybridized carbons (Fsp3) is 0.364. The average molecular weight is 191 g/mol. The first kappa shape index (κ1) is 9.21. The van der Waals surface area contributed by atoms with E-state index in [1.807, 2.05) is 18.2 Å². The molecule has 1 saturated heterocycles. The highest BCUT2D eigenvalue weighted by atomic mass is 16.4. The third kappa shape index (κ3) is 2.12. The van der Waals surface area contributed by atoms with Crippen molar-refractivity contribution < 1.29 is 9.90 Å². The number of rotatable bonds is 4. The zero-order valence-electron chi connectivity index (χ0n) is 7.81. The van der Waals surface area contributed by atoms with Gasteiger partial charge in [-0.2, -0.15) is 0 Å². The van der Waals surface area contributed by atoms with Gasteiger partial charge in [-0.1, -0.05) is 30.3 Å². The van der Waals surface area contributed by atoms with Crippen LogP contribution in [0.2, 0.25) is 0 Å². The van der Waals surface area contributed by atoms with Crippen molar-refractivity contribution in [3.05, 3.63) is 35.9 Å². The van der Waals surface area contributed by atoms with Crippen LogP contribution in [-0.2, 0) is 11.2 Å². The van der Waals surface area contributed by atoms with Crippen LogP contribution in [0.25, 0.3) is 0 Å². The summed E-state index contributed by atoms with van der Waals surface area (Å²) in [5.74, 6) is -0.733. The Balaban J connectivity index is 1.77. The molecule has 14 heavy (non-hydrogen) atoms. The summed E-state index contributed by atoms with van der Waals surface area (Å²) in [7, 11) is 0. The highest BCUT2D eigenvalue weighted by Crippen LogP contribution is 2.17. The van der Waals surface area contributed by atoms with Gasteiger partial charge in [-0.25, -0.2) is 0 Å². The Morgan fingerprint density at radius 1 is 1.36 bits per heavy atom. The molecule has 1 heterocycles. The van der Waals surface area contributed by atoms with Crippen molar-refractivity contribution >= 4 is 5.97 Å². The maximum atomic E-state index is 10.5. The minimum Gasteiger partial charge on any atom is -0.480 e. The monoisotopic (exact) mass is 191 g/mol. The second-order valence-corrected chi connectivity index (χ2v) is 3.61. The summed E-state index contributed by atoms with van der Waals surface area (Å²) in [5.41, 5.74) is 1.27. The highest BCUT2D eigenvalue weighted by Gasteiger charge is 2.41. The van der Waals surface area contributed by atoms with E-state index in [2.05, 4.69) is 17.4 Å². The van der Waals surface area contributed by atoms with Gasteiger partial charge in [-0.3, -0.25) is 10.1 Å². The van der Waals surface area contributed by atoms with E-state index < -0.39 is 5.97 Å². The summed E-state index contributed by atoms with van der Waals surface area (Å²) in [5, 5.41) is 11.6. The summed E-state index contributed by atoms with van der Waals surface area (Å²) >= 11 is 0. The number of hydrogen-bond donors (Lipinski definition) is 2. The maximum absolute atomic E-state index is 10.5. The van der Waals surface area contributed by atoms with E-state index in [1.165, 1.54) is 5.56 Å². The Morgan fingerprint density at radius 3 is 2.64 bits per heavy atom. The molecule has 0 aliphatic carbocycles. The van der Waals surface area contributed by atoms with Gasteiger partial charge in [0.05, 0.1) is 0 Å². The lowest BCUT2D eigenvalue weighted by atomic mass is 10.1. The first-order valence-corrected chi connectivity index (χ1v) is 4.80. The van der Waals surface area contributed by atoms with Crippen molar-refractivity contribution in [3.63, 3.8) is 0 Å². The summed E-state index contributed by atoms with van der Waals surface area (Å²) in [4.78, 5) is 10.5. The van der Waals surface area contributed by atoms with Crippen molar-refractivity contribution in [1.82, 2.24) is 5.32 Å². The van der Waals surface area contributed by atoms with Gasteiger partial charge in [-0.05, 0) is 18.4 Å². The van der Waals surface area contributed by atoms with Crippen LogP contribution in [-0.4, -0.2) is 23.2 Å². The van der Waals surface area contributed by atoms with Gasteiger partial charge in [0, 0.05) is 6.04 Å². The van der Waals surface area contributed by atoms with Crippen molar-refractivity contribution in [1.29, 1.82) is 0 Å². The third-order valence-corrected chi connectivity index (χ3v) is 2.54. The lowest BCUT2D eigenvalue weighted by Crippen LogP contribution is -2.09. The molecular formula is C11H13NO2. The molecule has 1 aliphatic rings. The number of nitrogens with one attached hydrogen (secondary N) is 1. The fourth-order valence-electron chi connectivity index (χ4n) is 1.64. The molecule has 1 fully saturated rings. The molecule has 1 aromatic carbocycles. The molecule has 0 aromatic heterocycles. The molecule has 3 nitrogen and oxygen atoms in total. The zero-order chi connectivity index (χ0) is 9.97. The maximum Gasteiger partial charge on any atom is 0.322 e. The van der Waals surface area contributed by atoms with E-state index in [-0.39, 0.29) is 12.1 Å². The normalized spacial score (nSPS) is 24.6. The number of aliphatic carboxylic acids is 1. The van der Waals surface area contributed by atoms with Crippen LogP contribution in [0.5, 0.6) is 0 Å². The summed E-state index contributed by atoms with van der Waals surface area (Å²) < 4.78 is 0. The summed E-state index contributed by atoms with van der Waals surface area (Å²) in [6, 6.07) is 10.00. The third-order valence-electron chi connectivity index (χ3n) is 2.54. The minimum absolute atomic E-state index is 0.174. The largest absolute Gasteiger partial charge is 0.480 e. The molecule has 2 atom stereocenters. The number of hydrogen-bond acceptors (Lipinski definition) is 2. The molecule has 0 radical (unpaired) electrons. The molecule has 0 saturated carbocycles. The van der Waals surface area contributed by atoms with Gasteiger partial charge < -0.3 is 5.11 Å². The smallest absolute Gasteiger partial charge is 0.322 e. The van der Waals surface area contributed by atoms with Crippen LogP contribution in [0.15, 0.2) is 30.3 Å². The highest BCUT2D eigenvalue weighted by molar-refractivity contribution is 5.78. The second kappa shape index (κ2) is 3.80. The van der Waals surface area contributed by atoms with Crippen LogP contribution in [0, 0.1) is 0 Å². The molecule has 1 aromatic rings. The molecule has 2 N–H and O–H groups in total. The van der Waals surface area contributed by atoms with Gasteiger partial charge in [0.25, 0.3) is 0 Å². The van der Waals surface area contributed by atoms with E-state index in [4.69, 9.17) is 5.11 Å². The molecule has 2 rings (SSSR count). The van der Waals surface area contributed by atoms with Crippen LogP contribution in [0.3, 0.4) is 0 Å². The standard InChI is InChI=1S/C11H13NO2/c13-11(14)10-9(12-10)7-6-8-4-2-1-3-5-8/h1-5,9-10,12H,6-7H2,(H,13,14)/t9-,10-/m1/s1. The summed E-state index contributed by atoms with van der Waals surface area (Å²) in [6.45, 7) is 0. The fourth-order valence-corrected chi connectivity index (χ4v) is 1.64. The number of carboxylic acid groups (broad SMARTS) is 1. The van der Waals surface area contributed by atoms with Crippen LogP contribution in [0.4, 0.5) is 0 Å². The minimum atomic E-state index is -0.733. The molecule has 0 bridgehead atoms. The van der Waals surface area contributed by atoms with Crippen LogP contribution in [0.1, 0.15) is 12.0 Å². The Morgan fingerprint density at radius 2 is 2.07 bits per heavy atom. The Labute approximate surface area is 82.8 Å². The van der Waals surface area contributed by atoms with Gasteiger partial charge in [0.15, 0.2) is 0 Å². The quantitative estimate of drug-likeness (QED) is 0.699. The van der Waals surface area contributed by atoms with Crippen molar-refractivity contribution in [2.45, 2.75) is 24.9 Å². The van der Waals surface area contributed by atoms with E-state index in [0.29, 0.717) is 0 Å². The number of carboxylic acids is 1. The molecular weight excluding hydrogens is 178 g/mol. The van der Waals surface area contributed by atoms with Crippen LogP contribution >= 0.6 is 0 Å². The Bertz CT molecular complexity index is 323. The summed E-state index contributed by atoms with van der Waals surface area (Å²) in [6.07, 6.45) is 1.85. The van der Waals surface area contributed by atoms with E-state index in [9.17, 15) is 4.79 Å². The van der Waals surface area contributed by atoms with Crippen molar-refractivity contribution in [3.8, 4) is 0 Å². The second-order valence-electron chi connectivity index (χ2n) is 3.61. The predicted octanol–water partition coefficient (Wildman–Crippen LogP) is 1.04. The molecule has 3 heteroatoms. The van der Waals surface area contributed by atoms with Gasteiger partial charge in [0.2, 0.25) is 0 Å². The van der Waals surface area contributed by atoms with Gasteiger partial charge >= 0.3 is 5.97 Å². The first-order valence-electron chi connectivity index (χ1n) is 4.80. The molecule has 0 unspecified atom stereocenters. The van der Waals surface area contributed by atoms with E-state index in [0.717, 1.165) is 12.8 Å². The van der Waals surface area contributed by atoms with Gasteiger partial charge in [0.1, 0.15) is 6.04 Å². The lowest BCUT2D eigenvalue weighted by Gasteiger charge is -1.97. The zero-order valence-corrected chi connectivity index (χ0v) is 7.81. The molecule has 74 valence electrons. The topological polar surface area (TPSA) is 59.2 Å². The number of aryl methyl sites for hydroxylation is 1. The van der Waals surface area contributed by atoms with E-state index in [1.54, 1.807) is 0 Å². The van der Waals surface area contributed by atoms with Crippen molar-refractivity contribution in [2.75, 3.05) is 0 Å². The lowest BCUT2D eigenvalue weighted by molar-refractivity contribution is -0.136. The first-order chi connectivity index (χ1) is 6.77. The number of carbonyl (C=O) groups is 1. The molecule has 0 amide bonds. The number of benzene rings is 1. The van der Waals surface area contributed by atoms with E-state index >= 15 is 0 Å².